The number of amides is 2. The molecular weight excluding hydrogens is 236 g/mol. The van der Waals surface area contributed by atoms with Crippen LogP contribution in [0.15, 0.2) is 0 Å². The van der Waals surface area contributed by atoms with E-state index in [0.717, 1.165) is 25.9 Å². The van der Waals surface area contributed by atoms with Crippen molar-refractivity contribution < 1.29 is 19.5 Å². The number of carbonyl (C=O) groups excluding carboxylic acids is 2. The molecule has 1 saturated heterocycles. The van der Waals surface area contributed by atoms with Crippen LogP contribution in [0.5, 0.6) is 0 Å². The molecule has 18 heavy (non-hydrogen) atoms. The third kappa shape index (κ3) is 5.65. The van der Waals surface area contributed by atoms with Crippen LogP contribution in [-0.2, 0) is 14.4 Å². The first kappa shape index (κ1) is 14.5. The van der Waals surface area contributed by atoms with Gasteiger partial charge in [0.25, 0.3) is 0 Å². The molecule has 6 nitrogen and oxygen atoms in total. The monoisotopic (exact) mass is 256 g/mol. The van der Waals surface area contributed by atoms with Gasteiger partial charge in [-0.3, -0.25) is 14.4 Å². The predicted molar refractivity (Wildman–Crippen MR) is 64.9 cm³/mol. The molecule has 0 aromatic heterocycles. The molecule has 1 aliphatic rings. The number of nitrogens with zero attached hydrogens (tertiary/aromatic N) is 1. The fourth-order valence-corrected chi connectivity index (χ4v) is 1.90. The van der Waals surface area contributed by atoms with E-state index < -0.39 is 5.97 Å². The third-order valence-electron chi connectivity index (χ3n) is 2.94. The van der Waals surface area contributed by atoms with Gasteiger partial charge in [-0.25, -0.2) is 0 Å². The Kier molecular flexibility index (Phi) is 6.18. The highest BCUT2D eigenvalue weighted by molar-refractivity contribution is 5.84. The number of likely N-dealkylation sites (tertiary alicyclic amines) is 1. The summed E-state index contributed by atoms with van der Waals surface area (Å²) in [5, 5.41) is 11.0. The Bertz CT molecular complexity index is 311. The van der Waals surface area contributed by atoms with E-state index in [1.807, 2.05) is 0 Å². The highest BCUT2D eigenvalue weighted by atomic mass is 16.4. The number of carboxylic acid groups (broad SMARTS) is 1. The number of hydrogen-bond donors (Lipinski definition) is 2. The van der Waals surface area contributed by atoms with Gasteiger partial charge in [0.2, 0.25) is 11.8 Å². The average molecular weight is 256 g/mol. The van der Waals surface area contributed by atoms with Gasteiger partial charge in [0, 0.05) is 25.9 Å². The van der Waals surface area contributed by atoms with Crippen LogP contribution in [0, 0.1) is 0 Å². The molecule has 6 heteroatoms. The second-order valence-corrected chi connectivity index (χ2v) is 4.47. The van der Waals surface area contributed by atoms with Gasteiger partial charge in [0.1, 0.15) is 0 Å². The maximum atomic E-state index is 11.6. The molecule has 102 valence electrons. The van der Waals surface area contributed by atoms with Crippen molar-refractivity contribution in [2.24, 2.45) is 0 Å². The van der Waals surface area contributed by atoms with Crippen molar-refractivity contribution in [3.8, 4) is 0 Å². The Morgan fingerprint density at radius 1 is 1.06 bits per heavy atom. The molecule has 1 aliphatic heterocycles. The maximum Gasteiger partial charge on any atom is 0.303 e. The minimum absolute atomic E-state index is 0.0358. The Morgan fingerprint density at radius 3 is 2.28 bits per heavy atom. The summed E-state index contributed by atoms with van der Waals surface area (Å²) in [5.74, 6) is -1.07. The first-order valence-corrected chi connectivity index (χ1v) is 6.36. The Hall–Kier alpha value is -1.59. The summed E-state index contributed by atoms with van der Waals surface area (Å²) < 4.78 is 0. The Balaban J connectivity index is 2.05. The van der Waals surface area contributed by atoms with E-state index in [2.05, 4.69) is 5.32 Å². The lowest BCUT2D eigenvalue weighted by atomic mass is 10.2. The van der Waals surface area contributed by atoms with Crippen molar-refractivity contribution in [2.45, 2.75) is 38.5 Å². The molecule has 0 unspecified atom stereocenters. The van der Waals surface area contributed by atoms with Crippen LogP contribution in [-0.4, -0.2) is 47.4 Å². The van der Waals surface area contributed by atoms with E-state index in [-0.39, 0.29) is 31.2 Å². The van der Waals surface area contributed by atoms with Crippen molar-refractivity contribution in [2.75, 3.05) is 19.6 Å². The number of hydrogen-bond acceptors (Lipinski definition) is 3. The summed E-state index contributed by atoms with van der Waals surface area (Å²) in [6.45, 7) is 1.62. The molecule has 2 amide bonds. The van der Waals surface area contributed by atoms with Gasteiger partial charge in [-0.1, -0.05) is 0 Å². The largest absolute Gasteiger partial charge is 0.481 e. The van der Waals surface area contributed by atoms with Crippen LogP contribution in [0.25, 0.3) is 0 Å². The van der Waals surface area contributed by atoms with E-state index in [9.17, 15) is 14.4 Å². The summed E-state index contributed by atoms with van der Waals surface area (Å²) in [7, 11) is 0. The van der Waals surface area contributed by atoms with Crippen LogP contribution < -0.4 is 5.32 Å². The van der Waals surface area contributed by atoms with Gasteiger partial charge < -0.3 is 15.3 Å². The SMILES string of the molecule is O=C(O)CCCCC(=O)NCC(=O)N1CCCC1. The lowest BCUT2D eigenvalue weighted by Gasteiger charge is -2.15. The maximum absolute atomic E-state index is 11.6. The first-order valence-electron chi connectivity index (χ1n) is 6.36. The Morgan fingerprint density at radius 2 is 1.67 bits per heavy atom. The Labute approximate surface area is 106 Å². The van der Waals surface area contributed by atoms with E-state index >= 15 is 0 Å². The molecule has 1 heterocycles. The topological polar surface area (TPSA) is 86.7 Å². The number of carbonyl (C=O) groups is 3. The quantitative estimate of drug-likeness (QED) is 0.644. The summed E-state index contributed by atoms with van der Waals surface area (Å²) in [4.78, 5) is 35.0. The smallest absolute Gasteiger partial charge is 0.303 e. The van der Waals surface area contributed by atoms with Gasteiger partial charge in [0.15, 0.2) is 0 Å². The third-order valence-corrected chi connectivity index (χ3v) is 2.94. The molecule has 1 fully saturated rings. The summed E-state index contributed by atoms with van der Waals surface area (Å²) in [5.41, 5.74) is 0. The summed E-state index contributed by atoms with van der Waals surface area (Å²) in [6.07, 6.45) is 3.46. The highest BCUT2D eigenvalue weighted by Crippen LogP contribution is 2.06. The molecule has 0 atom stereocenters. The fraction of sp³-hybridized carbons (Fsp3) is 0.750. The number of unbranched alkanes of at least 4 members (excludes halogenated alkanes) is 1. The molecule has 0 aliphatic carbocycles. The van der Waals surface area contributed by atoms with Crippen LogP contribution in [0.4, 0.5) is 0 Å². The molecule has 0 saturated carbocycles. The van der Waals surface area contributed by atoms with Gasteiger partial charge in [-0.2, -0.15) is 0 Å². The second kappa shape index (κ2) is 7.68. The minimum Gasteiger partial charge on any atom is -0.481 e. The number of carboxylic acids is 1. The summed E-state index contributed by atoms with van der Waals surface area (Å²) >= 11 is 0. The molecule has 0 aromatic rings. The van der Waals surface area contributed by atoms with Crippen molar-refractivity contribution in [3.63, 3.8) is 0 Å². The lowest BCUT2D eigenvalue weighted by molar-refractivity contribution is -0.137. The normalized spacial score (nSPS) is 14.6. The zero-order valence-corrected chi connectivity index (χ0v) is 10.5. The highest BCUT2D eigenvalue weighted by Gasteiger charge is 2.17. The molecule has 0 radical (unpaired) electrons. The number of rotatable bonds is 7. The van der Waals surface area contributed by atoms with E-state index in [1.165, 1.54) is 0 Å². The van der Waals surface area contributed by atoms with Crippen molar-refractivity contribution in [3.05, 3.63) is 0 Å². The van der Waals surface area contributed by atoms with Crippen LogP contribution in [0.1, 0.15) is 38.5 Å². The zero-order valence-electron chi connectivity index (χ0n) is 10.5. The lowest BCUT2D eigenvalue weighted by Crippen LogP contribution is -2.38. The molecule has 0 bridgehead atoms. The zero-order chi connectivity index (χ0) is 13.4. The first-order chi connectivity index (χ1) is 8.59. The second-order valence-electron chi connectivity index (χ2n) is 4.47. The van der Waals surface area contributed by atoms with Crippen LogP contribution in [0.2, 0.25) is 0 Å². The van der Waals surface area contributed by atoms with Gasteiger partial charge in [-0.05, 0) is 25.7 Å². The van der Waals surface area contributed by atoms with Crippen molar-refractivity contribution >= 4 is 17.8 Å². The molecular formula is C12H20N2O4. The fourth-order valence-electron chi connectivity index (χ4n) is 1.90. The van der Waals surface area contributed by atoms with E-state index in [1.54, 1.807) is 4.90 Å². The van der Waals surface area contributed by atoms with Crippen LogP contribution in [0.3, 0.4) is 0 Å². The van der Waals surface area contributed by atoms with E-state index in [4.69, 9.17) is 5.11 Å². The predicted octanol–water partition coefficient (Wildman–Crippen LogP) is 0.370. The van der Waals surface area contributed by atoms with Crippen molar-refractivity contribution in [1.82, 2.24) is 10.2 Å². The molecule has 2 N–H and O–H groups in total. The standard InChI is InChI=1S/C12H20N2O4/c15-10(5-1-2-6-12(17)18)13-9-11(16)14-7-3-4-8-14/h1-9H2,(H,13,15)(H,17,18). The average Bonchev–Trinajstić information content (AvgIpc) is 2.85. The summed E-state index contributed by atoms with van der Waals surface area (Å²) in [6, 6.07) is 0. The van der Waals surface area contributed by atoms with Crippen LogP contribution >= 0.6 is 0 Å². The molecule has 0 aromatic carbocycles. The number of aliphatic carboxylic acids is 1. The van der Waals surface area contributed by atoms with Gasteiger partial charge in [0.05, 0.1) is 6.54 Å². The van der Waals surface area contributed by atoms with Crippen molar-refractivity contribution in [1.29, 1.82) is 0 Å². The van der Waals surface area contributed by atoms with Gasteiger partial charge in [-0.15, -0.1) is 0 Å². The van der Waals surface area contributed by atoms with E-state index in [0.29, 0.717) is 12.8 Å². The molecule has 0 spiro atoms. The molecule has 1 rings (SSSR count). The van der Waals surface area contributed by atoms with Gasteiger partial charge >= 0.3 is 5.97 Å². The minimum atomic E-state index is -0.848. The number of nitrogens with one attached hydrogen (secondary N) is 1.